The Kier molecular flexibility index (Phi) is 7.66. The van der Waals surface area contributed by atoms with Gasteiger partial charge < -0.3 is 24.8 Å². The number of hydrogen-bond donors (Lipinski definition) is 2. The predicted molar refractivity (Wildman–Crippen MR) is 114 cm³/mol. The summed E-state index contributed by atoms with van der Waals surface area (Å²) in [6.45, 7) is 5.45. The number of β-amino-alcohol motifs (C(OH)–C–C–N with tert-alkyl or cyclic N) is 1. The minimum absolute atomic E-state index is 0.0118. The van der Waals surface area contributed by atoms with Gasteiger partial charge >= 0.3 is 0 Å². The van der Waals surface area contributed by atoms with Crippen molar-refractivity contribution in [1.29, 1.82) is 0 Å². The van der Waals surface area contributed by atoms with E-state index in [1.54, 1.807) is 29.8 Å². The molecule has 0 spiro atoms. The van der Waals surface area contributed by atoms with Crippen molar-refractivity contribution in [2.75, 3.05) is 32.7 Å². The van der Waals surface area contributed by atoms with Crippen molar-refractivity contribution in [3.8, 4) is 0 Å². The molecule has 2 fully saturated rings. The number of rotatable bonds is 6. The average Bonchev–Trinajstić information content (AvgIpc) is 2.90. The molecule has 8 heteroatoms. The van der Waals surface area contributed by atoms with Crippen LogP contribution in [0, 0.1) is 0 Å². The van der Waals surface area contributed by atoms with Crippen LogP contribution < -0.4 is 10.9 Å². The molecule has 0 radical (unpaired) electrons. The number of carbonyl (C=O) groups is 2. The Balaban J connectivity index is 1.45. The molecule has 2 N–H and O–H groups in total. The molecule has 0 unspecified atom stereocenters. The molecule has 1 aromatic heterocycles. The Bertz CT molecular complexity index is 787. The second-order valence-corrected chi connectivity index (χ2v) is 8.69. The molecule has 2 saturated heterocycles. The lowest BCUT2D eigenvalue weighted by atomic mass is 9.93. The smallest absolute Gasteiger partial charge is 0.250 e. The van der Waals surface area contributed by atoms with Crippen molar-refractivity contribution < 1.29 is 14.7 Å². The van der Waals surface area contributed by atoms with Crippen LogP contribution in [0.2, 0.25) is 0 Å². The maximum atomic E-state index is 12.6. The van der Waals surface area contributed by atoms with Crippen LogP contribution >= 0.6 is 0 Å². The van der Waals surface area contributed by atoms with Gasteiger partial charge in [-0.05, 0) is 38.2 Å². The number of nitrogens with one attached hydrogen (secondary N) is 1. The molecular formula is C22H34N4O4. The van der Waals surface area contributed by atoms with E-state index in [-0.39, 0.29) is 23.4 Å². The fourth-order valence-corrected chi connectivity index (χ4v) is 4.55. The van der Waals surface area contributed by atoms with Gasteiger partial charge in [-0.3, -0.25) is 14.4 Å². The number of likely N-dealkylation sites (tertiary alicyclic amines) is 2. The van der Waals surface area contributed by atoms with Crippen LogP contribution in [0.3, 0.4) is 0 Å². The first-order valence-electron chi connectivity index (χ1n) is 11.0. The first kappa shape index (κ1) is 22.5. The van der Waals surface area contributed by atoms with E-state index < -0.39 is 5.60 Å². The van der Waals surface area contributed by atoms with E-state index in [0.717, 1.165) is 32.4 Å². The molecular weight excluding hydrogens is 384 g/mol. The largest absolute Gasteiger partial charge is 0.388 e. The van der Waals surface area contributed by atoms with E-state index in [1.807, 2.05) is 4.90 Å². The quantitative estimate of drug-likeness (QED) is 0.705. The monoisotopic (exact) mass is 418 g/mol. The van der Waals surface area contributed by atoms with Crippen molar-refractivity contribution in [2.24, 2.45) is 0 Å². The van der Waals surface area contributed by atoms with Crippen molar-refractivity contribution in [2.45, 2.75) is 63.6 Å². The Morgan fingerprint density at radius 3 is 2.63 bits per heavy atom. The number of nitrogens with zero attached hydrogens (tertiary/aromatic N) is 3. The van der Waals surface area contributed by atoms with Gasteiger partial charge in [-0.1, -0.05) is 6.07 Å². The number of amides is 2. The second-order valence-electron chi connectivity index (χ2n) is 8.69. The summed E-state index contributed by atoms with van der Waals surface area (Å²) in [4.78, 5) is 39.8. The highest BCUT2D eigenvalue weighted by molar-refractivity contribution is 5.76. The van der Waals surface area contributed by atoms with Gasteiger partial charge in [0.15, 0.2) is 0 Å². The Morgan fingerprint density at radius 1 is 1.17 bits per heavy atom. The van der Waals surface area contributed by atoms with Gasteiger partial charge in [0.05, 0.1) is 5.60 Å². The maximum Gasteiger partial charge on any atom is 0.250 e. The van der Waals surface area contributed by atoms with Crippen LogP contribution in [-0.2, 0) is 16.1 Å². The summed E-state index contributed by atoms with van der Waals surface area (Å²) in [5, 5.41) is 14.1. The predicted octanol–water partition coefficient (Wildman–Crippen LogP) is 0.583. The SMILES string of the molecule is CC(=O)NC1CCN(C[C@@]2(O)CCCN(C(=O)CCn3ccccc3=O)CC2)CC1. The molecule has 0 saturated carbocycles. The van der Waals surface area contributed by atoms with E-state index in [0.29, 0.717) is 45.4 Å². The number of pyridine rings is 1. The zero-order chi connectivity index (χ0) is 21.6. The third-order valence-corrected chi connectivity index (χ3v) is 6.25. The number of aryl methyl sites for hydroxylation is 1. The number of carbonyl (C=O) groups excluding carboxylic acids is 2. The summed E-state index contributed by atoms with van der Waals surface area (Å²) in [5.74, 6) is 0.0452. The molecule has 0 aliphatic carbocycles. The highest BCUT2D eigenvalue weighted by Gasteiger charge is 2.34. The van der Waals surface area contributed by atoms with E-state index in [9.17, 15) is 19.5 Å². The van der Waals surface area contributed by atoms with E-state index >= 15 is 0 Å². The lowest BCUT2D eigenvalue weighted by Crippen LogP contribution is -2.50. The first-order valence-corrected chi connectivity index (χ1v) is 11.0. The molecule has 1 atom stereocenters. The van der Waals surface area contributed by atoms with E-state index in [4.69, 9.17) is 0 Å². The molecule has 166 valence electrons. The van der Waals surface area contributed by atoms with Gasteiger partial charge in [0.25, 0.3) is 5.56 Å². The number of aromatic nitrogens is 1. The van der Waals surface area contributed by atoms with Crippen molar-refractivity contribution in [3.63, 3.8) is 0 Å². The summed E-state index contributed by atoms with van der Waals surface area (Å²) in [7, 11) is 0. The van der Waals surface area contributed by atoms with E-state index in [2.05, 4.69) is 10.2 Å². The standard InChI is InChI=1S/C22H34N4O4/c1-18(27)23-19-6-13-24(14-7-19)17-22(30)9-4-12-26(16-10-22)21(29)8-15-25-11-3-2-5-20(25)28/h2-3,5,11,19,30H,4,6-10,12-17H2,1H3,(H,23,27)/t22-/m1/s1. The summed E-state index contributed by atoms with van der Waals surface area (Å²) in [6, 6.07) is 5.21. The van der Waals surface area contributed by atoms with Crippen molar-refractivity contribution in [1.82, 2.24) is 19.7 Å². The van der Waals surface area contributed by atoms with Crippen LogP contribution in [0.1, 0.15) is 45.4 Å². The Labute approximate surface area is 177 Å². The molecule has 0 bridgehead atoms. The Hall–Kier alpha value is -2.19. The minimum atomic E-state index is -0.785. The van der Waals surface area contributed by atoms with Gasteiger partial charge in [-0.15, -0.1) is 0 Å². The molecule has 8 nitrogen and oxygen atoms in total. The average molecular weight is 419 g/mol. The molecule has 2 aliphatic rings. The molecule has 2 aliphatic heterocycles. The maximum absolute atomic E-state index is 12.6. The van der Waals surface area contributed by atoms with Crippen molar-refractivity contribution >= 4 is 11.8 Å². The topological polar surface area (TPSA) is 94.9 Å². The lowest BCUT2D eigenvalue weighted by Gasteiger charge is -2.38. The highest BCUT2D eigenvalue weighted by Crippen LogP contribution is 2.25. The van der Waals surface area contributed by atoms with E-state index in [1.165, 1.54) is 6.07 Å². The van der Waals surface area contributed by atoms with Crippen LogP contribution in [0.15, 0.2) is 29.2 Å². The normalized spacial score (nSPS) is 23.7. The molecule has 0 aromatic carbocycles. The van der Waals surface area contributed by atoms with Gasteiger partial charge in [-0.25, -0.2) is 0 Å². The fourth-order valence-electron chi connectivity index (χ4n) is 4.55. The van der Waals surface area contributed by atoms with Crippen LogP contribution in [0.5, 0.6) is 0 Å². The van der Waals surface area contributed by atoms with Crippen LogP contribution in [0.25, 0.3) is 0 Å². The van der Waals surface area contributed by atoms with Crippen molar-refractivity contribution in [3.05, 3.63) is 34.7 Å². The minimum Gasteiger partial charge on any atom is -0.388 e. The summed E-state index contributed by atoms with van der Waals surface area (Å²) >= 11 is 0. The van der Waals surface area contributed by atoms with Crippen LogP contribution in [0.4, 0.5) is 0 Å². The summed E-state index contributed by atoms with van der Waals surface area (Å²) in [6.07, 6.45) is 5.81. The Morgan fingerprint density at radius 2 is 1.93 bits per heavy atom. The fraction of sp³-hybridized carbons (Fsp3) is 0.682. The molecule has 30 heavy (non-hydrogen) atoms. The van der Waals surface area contributed by atoms with Crippen LogP contribution in [-0.4, -0.2) is 75.7 Å². The zero-order valence-electron chi connectivity index (χ0n) is 17.9. The third-order valence-electron chi connectivity index (χ3n) is 6.25. The lowest BCUT2D eigenvalue weighted by molar-refractivity contribution is -0.131. The van der Waals surface area contributed by atoms with Gasteiger partial charge in [-0.2, -0.15) is 0 Å². The first-order chi connectivity index (χ1) is 14.3. The third kappa shape index (κ3) is 6.40. The molecule has 1 aromatic rings. The number of piperidine rings is 1. The van der Waals surface area contributed by atoms with Gasteiger partial charge in [0.1, 0.15) is 0 Å². The number of hydrogen-bond acceptors (Lipinski definition) is 5. The molecule has 3 heterocycles. The number of aliphatic hydroxyl groups is 1. The zero-order valence-corrected chi connectivity index (χ0v) is 17.9. The molecule has 2 amide bonds. The second kappa shape index (κ2) is 10.2. The highest BCUT2D eigenvalue weighted by atomic mass is 16.3. The van der Waals surface area contributed by atoms with Gasteiger partial charge in [0.2, 0.25) is 11.8 Å². The summed E-state index contributed by atoms with van der Waals surface area (Å²) < 4.78 is 1.55. The van der Waals surface area contributed by atoms with Gasteiger partial charge in [0, 0.05) is 70.9 Å². The summed E-state index contributed by atoms with van der Waals surface area (Å²) in [5.41, 5.74) is -0.885. The molecule has 3 rings (SSSR count).